The minimum atomic E-state index is -0.610. The van der Waals surface area contributed by atoms with Crippen LogP contribution in [0.25, 0.3) is 0 Å². The highest BCUT2D eigenvalue weighted by Gasteiger charge is 2.16. The first-order valence-corrected chi connectivity index (χ1v) is 8.66. The predicted molar refractivity (Wildman–Crippen MR) is 105 cm³/mol. The molecule has 0 spiro atoms. The summed E-state index contributed by atoms with van der Waals surface area (Å²) in [5.41, 5.74) is 2.18. The summed E-state index contributed by atoms with van der Waals surface area (Å²) in [6, 6.07) is 14.3. The first-order chi connectivity index (χ1) is 13.9. The van der Waals surface area contributed by atoms with Crippen molar-refractivity contribution in [1.82, 2.24) is 0 Å². The number of non-ortho nitro benzene ring substituents is 1. The highest BCUT2D eigenvalue weighted by molar-refractivity contribution is 6.03. The number of nitrogens with zero attached hydrogens (tertiary/aromatic N) is 2. The van der Waals surface area contributed by atoms with Gasteiger partial charge in [0.15, 0.2) is 5.76 Å². The van der Waals surface area contributed by atoms with Gasteiger partial charge in [0.2, 0.25) is 0 Å². The summed E-state index contributed by atoms with van der Waals surface area (Å²) in [5.74, 6) is 0.608. The Morgan fingerprint density at radius 1 is 1.17 bits per heavy atom. The fourth-order valence-corrected chi connectivity index (χ4v) is 2.57. The average molecular weight is 391 g/mol. The number of hydrogen-bond acceptors (Lipinski definition) is 6. The second kappa shape index (κ2) is 8.27. The van der Waals surface area contributed by atoms with Crippen LogP contribution in [0, 0.1) is 35.3 Å². The molecule has 0 radical (unpaired) electrons. The monoisotopic (exact) mass is 391 g/mol. The minimum absolute atomic E-state index is 0.0163. The molecule has 29 heavy (non-hydrogen) atoms. The Morgan fingerprint density at radius 2 is 1.97 bits per heavy atom. The lowest BCUT2D eigenvalue weighted by Gasteiger charge is -2.07. The van der Waals surface area contributed by atoms with Crippen molar-refractivity contribution in [2.45, 2.75) is 20.5 Å². The molecule has 0 unspecified atom stereocenters. The lowest BCUT2D eigenvalue weighted by molar-refractivity contribution is -0.384. The maximum Gasteiger partial charge on any atom is 0.291 e. The number of nitriles is 1. The van der Waals surface area contributed by atoms with Crippen LogP contribution in [0.1, 0.15) is 33.0 Å². The number of aryl methyl sites for hydroxylation is 2. The second-order valence-corrected chi connectivity index (χ2v) is 6.35. The lowest BCUT2D eigenvalue weighted by Crippen LogP contribution is -2.12. The number of nitrogens with one attached hydrogen (secondary N) is 1. The third kappa shape index (κ3) is 4.59. The molecule has 0 fully saturated rings. The average Bonchev–Trinajstić information content (AvgIpc) is 3.18. The van der Waals surface area contributed by atoms with Crippen LogP contribution in [0.3, 0.4) is 0 Å². The molecule has 0 bridgehead atoms. The molecule has 0 saturated carbocycles. The van der Waals surface area contributed by atoms with E-state index in [-0.39, 0.29) is 29.3 Å². The molecule has 0 aliphatic rings. The zero-order valence-corrected chi connectivity index (χ0v) is 15.8. The molecule has 3 rings (SSSR count). The molecule has 1 aromatic heterocycles. The number of furan rings is 1. The fourth-order valence-electron chi connectivity index (χ4n) is 2.57. The van der Waals surface area contributed by atoms with E-state index in [1.165, 1.54) is 18.2 Å². The van der Waals surface area contributed by atoms with Gasteiger partial charge in [-0.15, -0.1) is 0 Å². The van der Waals surface area contributed by atoms with Gasteiger partial charge in [-0.25, -0.2) is 0 Å². The zero-order valence-electron chi connectivity index (χ0n) is 15.8. The van der Waals surface area contributed by atoms with Crippen molar-refractivity contribution in [3.05, 3.63) is 86.9 Å². The summed E-state index contributed by atoms with van der Waals surface area (Å²) in [6.45, 7) is 4.15. The Morgan fingerprint density at radius 3 is 2.66 bits per heavy atom. The molecular weight excluding hydrogens is 374 g/mol. The molecule has 3 aromatic rings. The number of ether oxygens (including phenoxy) is 1. The van der Waals surface area contributed by atoms with Crippen molar-refractivity contribution >= 4 is 17.3 Å². The van der Waals surface area contributed by atoms with Crippen LogP contribution in [0.5, 0.6) is 5.75 Å². The van der Waals surface area contributed by atoms with Crippen LogP contribution in [-0.4, -0.2) is 10.8 Å². The maximum absolute atomic E-state index is 12.4. The third-order valence-electron chi connectivity index (χ3n) is 4.33. The molecule has 0 saturated heterocycles. The molecule has 8 nitrogen and oxygen atoms in total. The first-order valence-electron chi connectivity index (χ1n) is 8.66. The van der Waals surface area contributed by atoms with E-state index >= 15 is 0 Å². The summed E-state index contributed by atoms with van der Waals surface area (Å²) in [5, 5.41) is 22.5. The van der Waals surface area contributed by atoms with Gasteiger partial charge < -0.3 is 14.5 Å². The number of nitro benzene ring substituents is 1. The van der Waals surface area contributed by atoms with Crippen LogP contribution in [0.4, 0.5) is 11.4 Å². The number of carbonyl (C=O) groups is 1. The van der Waals surface area contributed by atoms with Crippen LogP contribution < -0.4 is 10.1 Å². The van der Waals surface area contributed by atoms with E-state index in [4.69, 9.17) is 14.4 Å². The fraction of sp³-hybridized carbons (Fsp3) is 0.143. The van der Waals surface area contributed by atoms with Crippen molar-refractivity contribution < 1.29 is 18.9 Å². The molecule has 0 aliphatic heterocycles. The topological polar surface area (TPSA) is 118 Å². The number of rotatable bonds is 6. The molecule has 146 valence electrons. The Balaban J connectivity index is 1.67. The standard InChI is InChI=1S/C21H17N3O5/c1-13-3-5-17(9-14(13)2)28-12-18-6-8-20(29-18)21(25)23-19-7-4-16(24(26)27)10-15(19)11-22/h3-10H,12H2,1-2H3,(H,23,25). The number of anilines is 1. The molecule has 1 amide bonds. The van der Waals surface area contributed by atoms with Gasteiger partial charge in [-0.2, -0.15) is 5.26 Å². The van der Waals surface area contributed by atoms with Gasteiger partial charge in [-0.05, 0) is 55.3 Å². The Labute approximate surface area is 166 Å². The number of hydrogen-bond donors (Lipinski definition) is 1. The Hall–Kier alpha value is -4.12. The second-order valence-electron chi connectivity index (χ2n) is 6.35. The zero-order chi connectivity index (χ0) is 21.0. The van der Waals surface area contributed by atoms with Crippen LogP contribution in [-0.2, 0) is 6.61 Å². The van der Waals surface area contributed by atoms with Crippen molar-refractivity contribution in [3.63, 3.8) is 0 Å². The maximum atomic E-state index is 12.4. The molecule has 2 aromatic carbocycles. The van der Waals surface area contributed by atoms with Crippen LogP contribution in [0.15, 0.2) is 52.9 Å². The Kier molecular flexibility index (Phi) is 5.60. The van der Waals surface area contributed by atoms with Gasteiger partial charge in [-0.3, -0.25) is 14.9 Å². The predicted octanol–water partition coefficient (Wildman–Crippen LogP) is 4.51. The Bertz CT molecular complexity index is 1130. The number of nitro groups is 1. The molecule has 0 aliphatic carbocycles. The van der Waals surface area contributed by atoms with Gasteiger partial charge in [0.1, 0.15) is 24.2 Å². The van der Waals surface area contributed by atoms with E-state index in [2.05, 4.69) is 5.32 Å². The smallest absolute Gasteiger partial charge is 0.291 e. The quantitative estimate of drug-likeness (QED) is 0.488. The molecule has 0 atom stereocenters. The summed E-state index contributed by atoms with van der Waals surface area (Å²) < 4.78 is 11.2. The molecule has 1 N–H and O–H groups in total. The summed E-state index contributed by atoms with van der Waals surface area (Å²) >= 11 is 0. The normalized spacial score (nSPS) is 10.2. The third-order valence-corrected chi connectivity index (χ3v) is 4.33. The molecular formula is C21H17N3O5. The van der Waals surface area contributed by atoms with Gasteiger partial charge in [0.05, 0.1) is 16.2 Å². The summed E-state index contributed by atoms with van der Waals surface area (Å²) in [4.78, 5) is 22.6. The van der Waals surface area contributed by atoms with Gasteiger partial charge in [0.25, 0.3) is 11.6 Å². The molecule has 8 heteroatoms. The van der Waals surface area contributed by atoms with Gasteiger partial charge in [-0.1, -0.05) is 6.07 Å². The van der Waals surface area contributed by atoms with Crippen LogP contribution in [0.2, 0.25) is 0 Å². The van der Waals surface area contributed by atoms with E-state index in [1.807, 2.05) is 38.1 Å². The van der Waals surface area contributed by atoms with E-state index in [1.54, 1.807) is 6.07 Å². The van der Waals surface area contributed by atoms with E-state index in [9.17, 15) is 14.9 Å². The first kappa shape index (κ1) is 19.6. The molecule has 1 heterocycles. The number of amides is 1. The minimum Gasteiger partial charge on any atom is -0.486 e. The number of benzene rings is 2. The van der Waals surface area contributed by atoms with Crippen molar-refractivity contribution in [2.24, 2.45) is 0 Å². The largest absolute Gasteiger partial charge is 0.486 e. The van der Waals surface area contributed by atoms with E-state index < -0.39 is 10.8 Å². The van der Waals surface area contributed by atoms with Gasteiger partial charge >= 0.3 is 0 Å². The van der Waals surface area contributed by atoms with Crippen molar-refractivity contribution in [1.29, 1.82) is 5.26 Å². The van der Waals surface area contributed by atoms with Crippen LogP contribution >= 0.6 is 0 Å². The lowest BCUT2D eigenvalue weighted by atomic mass is 10.1. The highest BCUT2D eigenvalue weighted by Crippen LogP contribution is 2.23. The summed E-state index contributed by atoms with van der Waals surface area (Å²) in [7, 11) is 0. The SMILES string of the molecule is Cc1ccc(OCc2ccc(C(=O)Nc3ccc([N+](=O)[O-])cc3C#N)o2)cc1C. The van der Waals surface area contributed by atoms with Crippen molar-refractivity contribution in [3.8, 4) is 11.8 Å². The number of carbonyl (C=O) groups excluding carboxylic acids is 1. The van der Waals surface area contributed by atoms with E-state index in [0.29, 0.717) is 11.5 Å². The summed E-state index contributed by atoms with van der Waals surface area (Å²) in [6.07, 6.45) is 0. The van der Waals surface area contributed by atoms with Crippen molar-refractivity contribution in [2.75, 3.05) is 5.32 Å². The van der Waals surface area contributed by atoms with Gasteiger partial charge in [0, 0.05) is 12.1 Å². The van der Waals surface area contributed by atoms with E-state index in [0.717, 1.165) is 17.2 Å². The highest BCUT2D eigenvalue weighted by atomic mass is 16.6.